The van der Waals surface area contributed by atoms with Gasteiger partial charge in [-0.2, -0.15) is 0 Å². The van der Waals surface area contributed by atoms with Crippen LogP contribution in [0.25, 0.3) is 10.9 Å². The van der Waals surface area contributed by atoms with Crippen molar-refractivity contribution in [1.29, 1.82) is 0 Å². The number of anilines is 1. The van der Waals surface area contributed by atoms with Crippen molar-refractivity contribution in [2.45, 2.75) is 13.5 Å². The second-order valence-electron chi connectivity index (χ2n) is 6.17. The number of rotatable bonds is 4. The van der Waals surface area contributed by atoms with Gasteiger partial charge in [-0.05, 0) is 36.8 Å². The molecule has 0 aliphatic heterocycles. The third-order valence-electron chi connectivity index (χ3n) is 4.39. The van der Waals surface area contributed by atoms with Crippen LogP contribution in [0.4, 0.5) is 5.69 Å². The molecule has 0 fully saturated rings. The topological polar surface area (TPSA) is 38.1 Å². The lowest BCUT2D eigenvalue weighted by atomic mass is 10.2. The Morgan fingerprint density at radius 1 is 0.846 bits per heavy atom. The molecule has 128 valence electrons. The van der Waals surface area contributed by atoms with E-state index in [0.29, 0.717) is 17.8 Å². The second kappa shape index (κ2) is 6.84. The van der Waals surface area contributed by atoms with Crippen LogP contribution in [-0.4, -0.2) is 9.66 Å². The zero-order valence-corrected chi connectivity index (χ0v) is 14.5. The number of nitrogens with zero attached hydrogens (tertiary/aromatic N) is 3. The fraction of sp³-hybridized carbons (Fsp3) is 0.0909. The van der Waals surface area contributed by atoms with E-state index in [2.05, 4.69) is 17.1 Å². The predicted molar refractivity (Wildman–Crippen MR) is 105 cm³/mol. The first kappa shape index (κ1) is 16.1. The van der Waals surface area contributed by atoms with E-state index in [1.165, 1.54) is 0 Å². The van der Waals surface area contributed by atoms with Crippen molar-refractivity contribution < 1.29 is 0 Å². The van der Waals surface area contributed by atoms with Crippen molar-refractivity contribution in [1.82, 2.24) is 9.66 Å². The van der Waals surface area contributed by atoms with E-state index in [1.807, 2.05) is 84.7 Å². The smallest absolute Gasteiger partial charge is 0.273 e. The summed E-state index contributed by atoms with van der Waals surface area (Å²) in [5.74, 6) is 0.661. The molecule has 4 rings (SSSR count). The molecule has 0 bridgehead atoms. The number of fused-ring (bicyclic) bond motifs is 1. The molecule has 0 N–H and O–H groups in total. The number of hydrogen-bond acceptors (Lipinski definition) is 3. The fourth-order valence-corrected chi connectivity index (χ4v) is 3.15. The molecular weight excluding hydrogens is 322 g/mol. The summed E-state index contributed by atoms with van der Waals surface area (Å²) in [6, 6.07) is 27.5. The number of aromatic nitrogens is 2. The molecule has 3 aromatic carbocycles. The average molecular weight is 341 g/mol. The maximum Gasteiger partial charge on any atom is 0.280 e. The Hall–Kier alpha value is -3.40. The monoisotopic (exact) mass is 341 g/mol. The van der Waals surface area contributed by atoms with Crippen molar-refractivity contribution in [2.24, 2.45) is 0 Å². The Morgan fingerprint density at radius 2 is 1.46 bits per heavy atom. The summed E-state index contributed by atoms with van der Waals surface area (Å²) in [6.07, 6.45) is 0. The van der Waals surface area contributed by atoms with Gasteiger partial charge in [0.1, 0.15) is 5.82 Å². The fourth-order valence-electron chi connectivity index (χ4n) is 3.15. The van der Waals surface area contributed by atoms with Gasteiger partial charge < -0.3 is 0 Å². The van der Waals surface area contributed by atoms with Gasteiger partial charge in [-0.1, -0.05) is 60.7 Å². The quantitative estimate of drug-likeness (QED) is 0.559. The van der Waals surface area contributed by atoms with Crippen molar-refractivity contribution in [3.63, 3.8) is 0 Å². The minimum absolute atomic E-state index is 0.0621. The SMILES string of the molecule is Cc1nc2ccccc2c(=O)n1N(Cc1ccccc1)c1ccccc1. The first-order valence-corrected chi connectivity index (χ1v) is 8.59. The molecule has 1 aromatic heterocycles. The van der Waals surface area contributed by atoms with E-state index in [4.69, 9.17) is 0 Å². The van der Waals surface area contributed by atoms with E-state index in [-0.39, 0.29) is 5.56 Å². The molecule has 4 aromatic rings. The molecule has 1 heterocycles. The molecule has 4 heteroatoms. The molecule has 0 amide bonds. The van der Waals surface area contributed by atoms with E-state index >= 15 is 0 Å². The number of hydrogen-bond donors (Lipinski definition) is 0. The Bertz CT molecular complexity index is 1090. The molecule has 0 atom stereocenters. The van der Waals surface area contributed by atoms with Crippen LogP contribution >= 0.6 is 0 Å². The molecule has 0 spiro atoms. The van der Waals surface area contributed by atoms with Gasteiger partial charge in [0.25, 0.3) is 5.56 Å². The Kier molecular flexibility index (Phi) is 4.23. The van der Waals surface area contributed by atoms with Gasteiger partial charge >= 0.3 is 0 Å². The minimum Gasteiger partial charge on any atom is -0.273 e. The first-order valence-electron chi connectivity index (χ1n) is 8.59. The summed E-state index contributed by atoms with van der Waals surface area (Å²) in [5, 5.41) is 2.60. The van der Waals surface area contributed by atoms with E-state index in [9.17, 15) is 4.79 Å². The van der Waals surface area contributed by atoms with Crippen LogP contribution in [0.5, 0.6) is 0 Å². The van der Waals surface area contributed by atoms with Crippen molar-refractivity contribution in [3.05, 3.63) is 107 Å². The highest BCUT2D eigenvalue weighted by Crippen LogP contribution is 2.19. The average Bonchev–Trinajstić information content (AvgIpc) is 2.69. The molecule has 4 nitrogen and oxygen atoms in total. The normalized spacial score (nSPS) is 10.8. The van der Waals surface area contributed by atoms with Crippen LogP contribution in [0, 0.1) is 6.92 Å². The summed E-state index contributed by atoms with van der Waals surface area (Å²) in [7, 11) is 0. The van der Waals surface area contributed by atoms with Gasteiger partial charge in [-0.25, -0.2) is 9.66 Å². The Balaban J connectivity index is 1.92. The number of para-hydroxylation sites is 2. The third-order valence-corrected chi connectivity index (χ3v) is 4.39. The second-order valence-corrected chi connectivity index (χ2v) is 6.17. The summed E-state index contributed by atoms with van der Waals surface area (Å²) in [5.41, 5.74) is 2.72. The van der Waals surface area contributed by atoms with E-state index in [0.717, 1.165) is 16.8 Å². The maximum atomic E-state index is 13.2. The van der Waals surface area contributed by atoms with Gasteiger partial charge in [0.15, 0.2) is 0 Å². The molecule has 0 saturated carbocycles. The molecule has 0 radical (unpaired) electrons. The Morgan fingerprint density at radius 3 is 2.19 bits per heavy atom. The van der Waals surface area contributed by atoms with Crippen molar-refractivity contribution >= 4 is 16.6 Å². The molecular formula is C22H19N3O. The molecule has 0 aliphatic rings. The predicted octanol–water partition coefficient (Wildman–Crippen LogP) is 4.17. The zero-order valence-electron chi connectivity index (χ0n) is 14.5. The van der Waals surface area contributed by atoms with Crippen molar-refractivity contribution in [3.8, 4) is 0 Å². The molecule has 0 saturated heterocycles. The molecule has 0 unspecified atom stereocenters. The lowest BCUT2D eigenvalue weighted by Gasteiger charge is -2.28. The highest BCUT2D eigenvalue weighted by atomic mass is 16.1. The molecule has 0 aliphatic carbocycles. The van der Waals surface area contributed by atoms with Crippen molar-refractivity contribution in [2.75, 3.05) is 5.01 Å². The summed E-state index contributed by atoms with van der Waals surface area (Å²) in [6.45, 7) is 2.44. The summed E-state index contributed by atoms with van der Waals surface area (Å²) >= 11 is 0. The van der Waals surface area contributed by atoms with Crippen LogP contribution in [0.1, 0.15) is 11.4 Å². The minimum atomic E-state index is -0.0621. The van der Waals surface area contributed by atoms with E-state index in [1.54, 1.807) is 4.68 Å². The highest BCUT2D eigenvalue weighted by molar-refractivity contribution is 5.77. The maximum absolute atomic E-state index is 13.2. The Labute approximate surface area is 151 Å². The lowest BCUT2D eigenvalue weighted by Crippen LogP contribution is -2.40. The lowest BCUT2D eigenvalue weighted by molar-refractivity contribution is 0.634. The van der Waals surface area contributed by atoms with E-state index < -0.39 is 0 Å². The summed E-state index contributed by atoms with van der Waals surface area (Å²) < 4.78 is 1.67. The van der Waals surface area contributed by atoms with Crippen LogP contribution in [0.3, 0.4) is 0 Å². The van der Waals surface area contributed by atoms with Gasteiger partial charge in [0.2, 0.25) is 0 Å². The van der Waals surface area contributed by atoms with Gasteiger partial charge in [-0.3, -0.25) is 9.80 Å². The number of aryl methyl sites for hydroxylation is 1. The standard InChI is InChI=1S/C22H19N3O/c1-17-23-21-15-9-8-14-20(21)22(26)25(17)24(19-12-6-3-7-13-19)16-18-10-4-2-5-11-18/h2-15H,16H2,1H3. The summed E-state index contributed by atoms with van der Waals surface area (Å²) in [4.78, 5) is 17.9. The van der Waals surface area contributed by atoms with Gasteiger partial charge in [0, 0.05) is 0 Å². The highest BCUT2D eigenvalue weighted by Gasteiger charge is 2.16. The number of benzene rings is 3. The van der Waals surface area contributed by atoms with Gasteiger partial charge in [0.05, 0.1) is 23.1 Å². The zero-order chi connectivity index (χ0) is 17.9. The van der Waals surface area contributed by atoms with Crippen LogP contribution in [0.15, 0.2) is 89.7 Å². The molecule has 26 heavy (non-hydrogen) atoms. The third kappa shape index (κ3) is 2.97. The van der Waals surface area contributed by atoms with Crippen LogP contribution in [0.2, 0.25) is 0 Å². The van der Waals surface area contributed by atoms with Gasteiger partial charge in [-0.15, -0.1) is 0 Å². The largest absolute Gasteiger partial charge is 0.280 e. The van der Waals surface area contributed by atoms with Crippen LogP contribution < -0.4 is 10.6 Å². The van der Waals surface area contributed by atoms with Crippen LogP contribution in [-0.2, 0) is 6.54 Å². The first-order chi connectivity index (χ1) is 12.7.